The van der Waals surface area contributed by atoms with Crippen LogP contribution < -0.4 is 0 Å². The first kappa shape index (κ1) is 10.5. The zero-order chi connectivity index (χ0) is 9.68. The van der Waals surface area contributed by atoms with Crippen molar-refractivity contribution in [1.82, 2.24) is 9.80 Å². The van der Waals surface area contributed by atoms with E-state index in [4.69, 9.17) is 11.7 Å². The average Bonchev–Trinajstić information content (AvgIpc) is 2.15. The van der Waals surface area contributed by atoms with Crippen LogP contribution in [0.5, 0.6) is 0 Å². The first-order valence-electron chi connectivity index (χ1n) is 4.51. The zero-order valence-electron chi connectivity index (χ0n) is 8.03. The monoisotopic (exact) mass is 184 g/mol. The lowest BCUT2D eigenvalue weighted by Gasteiger charge is -2.28. The molecule has 1 saturated heterocycles. The maximum absolute atomic E-state index is 10.7. The van der Waals surface area contributed by atoms with E-state index in [-0.39, 0.29) is 5.91 Å². The standard InChI is InChI=1S/C9H16N2O2/c1-9(12)10(2)3-4-11-5-7-13-8-6-11/h1H,3-8H2,2H3. The van der Waals surface area contributed by atoms with Gasteiger partial charge in [-0.3, -0.25) is 9.69 Å². The molecule has 0 saturated carbocycles. The van der Waals surface area contributed by atoms with Gasteiger partial charge in [0.25, 0.3) is 0 Å². The number of nitrogens with zero attached hydrogens (tertiary/aromatic N) is 2. The van der Waals surface area contributed by atoms with Gasteiger partial charge in [0.05, 0.1) is 20.1 Å². The van der Waals surface area contributed by atoms with Crippen molar-refractivity contribution in [3.05, 3.63) is 6.92 Å². The number of ether oxygens (including phenoxy) is 1. The molecule has 0 N–H and O–H groups in total. The maximum atomic E-state index is 10.7. The summed E-state index contributed by atoms with van der Waals surface area (Å²) in [6.45, 7) is 10.1. The first-order valence-corrected chi connectivity index (χ1v) is 4.51. The van der Waals surface area contributed by atoms with E-state index in [0.29, 0.717) is 6.54 Å². The summed E-state index contributed by atoms with van der Waals surface area (Å²) in [4.78, 5) is 14.5. The Bertz CT molecular complexity index is 167. The summed E-state index contributed by atoms with van der Waals surface area (Å²) in [5.74, 6) is -0.367. The van der Waals surface area contributed by atoms with Crippen molar-refractivity contribution in [1.29, 1.82) is 0 Å². The Morgan fingerprint density at radius 2 is 2.15 bits per heavy atom. The molecule has 74 valence electrons. The van der Waals surface area contributed by atoms with E-state index in [9.17, 15) is 4.79 Å². The predicted octanol–water partition coefficient (Wildman–Crippen LogP) is -0.512. The molecule has 1 fully saturated rings. The zero-order valence-corrected chi connectivity index (χ0v) is 8.03. The SMILES string of the molecule is [CH]C(=O)N(C)CCN1CCOCC1. The number of rotatable bonds is 3. The molecule has 4 nitrogen and oxygen atoms in total. The van der Waals surface area contributed by atoms with Crippen molar-refractivity contribution >= 4 is 5.91 Å². The van der Waals surface area contributed by atoms with Crippen LogP contribution in [0, 0.1) is 6.92 Å². The molecule has 0 aliphatic carbocycles. The van der Waals surface area contributed by atoms with Gasteiger partial charge in [0.1, 0.15) is 0 Å². The van der Waals surface area contributed by atoms with Crippen LogP contribution in [-0.2, 0) is 9.53 Å². The highest BCUT2D eigenvalue weighted by Gasteiger charge is 2.11. The number of carbonyl (C=O) groups is 1. The van der Waals surface area contributed by atoms with E-state index in [1.165, 1.54) is 4.90 Å². The molecule has 0 unspecified atom stereocenters. The van der Waals surface area contributed by atoms with Gasteiger partial charge in [-0.15, -0.1) is 0 Å². The third-order valence-corrected chi connectivity index (χ3v) is 2.23. The van der Waals surface area contributed by atoms with Gasteiger partial charge in [-0.25, -0.2) is 0 Å². The topological polar surface area (TPSA) is 32.8 Å². The lowest BCUT2D eigenvalue weighted by molar-refractivity contribution is -0.125. The summed E-state index contributed by atoms with van der Waals surface area (Å²) >= 11 is 0. The van der Waals surface area contributed by atoms with Crippen LogP contribution in [0.1, 0.15) is 0 Å². The molecule has 1 heterocycles. The van der Waals surface area contributed by atoms with Gasteiger partial charge in [-0.1, -0.05) is 0 Å². The second kappa shape index (κ2) is 5.19. The fraction of sp³-hybridized carbons (Fsp3) is 0.778. The first-order chi connectivity index (χ1) is 6.20. The summed E-state index contributed by atoms with van der Waals surface area (Å²) in [7, 11) is 1.71. The number of carbonyl (C=O) groups excluding carboxylic acids is 1. The fourth-order valence-corrected chi connectivity index (χ4v) is 1.23. The van der Waals surface area contributed by atoms with Crippen LogP contribution in [0.2, 0.25) is 0 Å². The normalized spacial score (nSPS) is 18.6. The van der Waals surface area contributed by atoms with Crippen LogP contribution in [0.4, 0.5) is 0 Å². The molecule has 2 radical (unpaired) electrons. The van der Waals surface area contributed by atoms with Crippen molar-refractivity contribution in [3.63, 3.8) is 0 Å². The molecule has 0 aromatic heterocycles. The minimum atomic E-state index is -0.367. The molecule has 1 amide bonds. The van der Waals surface area contributed by atoms with Crippen LogP contribution in [-0.4, -0.2) is 62.1 Å². The molecule has 1 rings (SSSR count). The quantitative estimate of drug-likeness (QED) is 0.592. The van der Waals surface area contributed by atoms with Gasteiger partial charge in [0.15, 0.2) is 0 Å². The second-order valence-corrected chi connectivity index (χ2v) is 3.21. The van der Waals surface area contributed by atoms with Gasteiger partial charge >= 0.3 is 0 Å². The summed E-state index contributed by atoms with van der Waals surface area (Å²) in [5.41, 5.74) is 0. The van der Waals surface area contributed by atoms with E-state index >= 15 is 0 Å². The Balaban J connectivity index is 2.13. The van der Waals surface area contributed by atoms with Crippen molar-refractivity contribution in [2.45, 2.75) is 0 Å². The third-order valence-electron chi connectivity index (χ3n) is 2.23. The molecular weight excluding hydrogens is 168 g/mol. The van der Waals surface area contributed by atoms with Crippen LogP contribution in [0.3, 0.4) is 0 Å². The summed E-state index contributed by atoms with van der Waals surface area (Å²) < 4.78 is 5.21. The highest BCUT2D eigenvalue weighted by Crippen LogP contribution is 1.96. The van der Waals surface area contributed by atoms with Crippen molar-refractivity contribution < 1.29 is 9.53 Å². The highest BCUT2D eigenvalue weighted by atomic mass is 16.5. The van der Waals surface area contributed by atoms with Crippen molar-refractivity contribution in [2.75, 3.05) is 46.4 Å². The van der Waals surface area contributed by atoms with Gasteiger partial charge in [0.2, 0.25) is 5.91 Å². The third kappa shape index (κ3) is 3.74. The number of hydrogen-bond acceptors (Lipinski definition) is 3. The van der Waals surface area contributed by atoms with Gasteiger partial charge in [0, 0.05) is 33.2 Å². The Kier molecular flexibility index (Phi) is 4.18. The van der Waals surface area contributed by atoms with E-state index in [1.54, 1.807) is 7.05 Å². The Hall–Kier alpha value is -0.610. The van der Waals surface area contributed by atoms with Gasteiger partial charge in [-0.2, -0.15) is 0 Å². The van der Waals surface area contributed by atoms with Gasteiger partial charge in [-0.05, 0) is 0 Å². The van der Waals surface area contributed by atoms with Gasteiger partial charge < -0.3 is 9.64 Å². The average molecular weight is 184 g/mol. The highest BCUT2D eigenvalue weighted by molar-refractivity contribution is 5.79. The summed E-state index contributed by atoms with van der Waals surface area (Å²) in [5, 5.41) is 0. The Morgan fingerprint density at radius 1 is 1.54 bits per heavy atom. The lowest BCUT2D eigenvalue weighted by Crippen LogP contribution is -2.41. The Labute approximate surface area is 79.4 Å². The molecule has 0 spiro atoms. The maximum Gasteiger partial charge on any atom is 0.227 e. The smallest absolute Gasteiger partial charge is 0.227 e. The number of morpholine rings is 1. The van der Waals surface area contributed by atoms with E-state index in [1.807, 2.05) is 0 Å². The molecule has 4 heteroatoms. The minimum Gasteiger partial charge on any atom is -0.379 e. The number of amides is 1. The van der Waals surface area contributed by atoms with E-state index in [0.717, 1.165) is 32.8 Å². The fourth-order valence-electron chi connectivity index (χ4n) is 1.23. The van der Waals surface area contributed by atoms with Crippen molar-refractivity contribution in [3.8, 4) is 0 Å². The largest absolute Gasteiger partial charge is 0.379 e. The summed E-state index contributed by atoms with van der Waals surface area (Å²) in [6, 6.07) is 0. The summed E-state index contributed by atoms with van der Waals surface area (Å²) in [6.07, 6.45) is 0. The minimum absolute atomic E-state index is 0.367. The molecule has 0 aromatic carbocycles. The lowest BCUT2D eigenvalue weighted by atomic mass is 10.4. The van der Waals surface area contributed by atoms with Crippen molar-refractivity contribution in [2.24, 2.45) is 0 Å². The van der Waals surface area contributed by atoms with Crippen LogP contribution in [0.25, 0.3) is 0 Å². The van der Waals surface area contributed by atoms with E-state index < -0.39 is 0 Å². The van der Waals surface area contributed by atoms with Crippen LogP contribution in [0.15, 0.2) is 0 Å². The molecule has 1 aliphatic rings. The number of hydrogen-bond donors (Lipinski definition) is 0. The Morgan fingerprint density at radius 3 is 2.69 bits per heavy atom. The molecule has 1 aliphatic heterocycles. The van der Waals surface area contributed by atoms with E-state index in [2.05, 4.69) is 4.90 Å². The molecular formula is C9H16N2O2. The number of likely N-dealkylation sites (N-methyl/N-ethyl adjacent to an activating group) is 1. The molecule has 0 bridgehead atoms. The second-order valence-electron chi connectivity index (χ2n) is 3.21. The predicted molar refractivity (Wildman–Crippen MR) is 49.2 cm³/mol. The van der Waals surface area contributed by atoms with Crippen LogP contribution >= 0.6 is 0 Å². The molecule has 0 atom stereocenters. The molecule has 0 aromatic rings. The molecule has 13 heavy (non-hydrogen) atoms.